The summed E-state index contributed by atoms with van der Waals surface area (Å²) in [7, 11) is 0. The molecule has 3 rings (SSSR count). The lowest BCUT2D eigenvalue weighted by atomic mass is 10.3. The number of H-pyrrole nitrogens is 1. The molecule has 0 saturated carbocycles. The van der Waals surface area contributed by atoms with Crippen molar-refractivity contribution in [1.29, 1.82) is 0 Å². The zero-order chi connectivity index (χ0) is 12.4. The lowest BCUT2D eigenvalue weighted by molar-refractivity contribution is 0.629. The number of hydrogen-bond acceptors (Lipinski definition) is 4. The number of nitrogens with one attached hydrogen (secondary N) is 2. The van der Waals surface area contributed by atoms with Crippen molar-refractivity contribution in [3.8, 4) is 0 Å². The second kappa shape index (κ2) is 4.73. The quantitative estimate of drug-likeness (QED) is 0.760. The van der Waals surface area contributed by atoms with Crippen LogP contribution in [0.4, 0.5) is 10.3 Å². The monoisotopic (exact) mass is 262 g/mol. The molecule has 0 unspecified atom stereocenters. The number of aromatic nitrogens is 3. The van der Waals surface area contributed by atoms with Gasteiger partial charge in [0, 0.05) is 24.5 Å². The van der Waals surface area contributed by atoms with Crippen LogP contribution in [0.2, 0.25) is 0 Å². The van der Waals surface area contributed by atoms with E-state index in [1.54, 1.807) is 23.6 Å². The van der Waals surface area contributed by atoms with Crippen LogP contribution in [0.25, 0.3) is 11.0 Å². The molecule has 2 N–H and O–H groups in total. The smallest absolute Gasteiger partial charge is 0.201 e. The van der Waals surface area contributed by atoms with Crippen LogP contribution in [0.1, 0.15) is 5.01 Å². The van der Waals surface area contributed by atoms with Gasteiger partial charge in [-0.05, 0) is 18.2 Å². The van der Waals surface area contributed by atoms with E-state index in [0.717, 1.165) is 23.5 Å². The third-order valence-corrected chi connectivity index (χ3v) is 3.40. The van der Waals surface area contributed by atoms with E-state index in [2.05, 4.69) is 20.3 Å². The van der Waals surface area contributed by atoms with Gasteiger partial charge in [-0.2, -0.15) is 0 Å². The maximum absolute atomic E-state index is 13.0. The zero-order valence-electron chi connectivity index (χ0n) is 9.48. The van der Waals surface area contributed by atoms with Crippen LogP contribution in [0.5, 0.6) is 0 Å². The minimum Gasteiger partial charge on any atom is -0.355 e. The fourth-order valence-electron chi connectivity index (χ4n) is 1.73. The summed E-state index contributed by atoms with van der Waals surface area (Å²) in [5.74, 6) is 0.396. The molecule has 92 valence electrons. The highest BCUT2D eigenvalue weighted by atomic mass is 32.1. The maximum atomic E-state index is 13.0. The first-order valence-electron chi connectivity index (χ1n) is 5.59. The number of halogens is 1. The van der Waals surface area contributed by atoms with Crippen molar-refractivity contribution >= 4 is 28.3 Å². The molecular weight excluding hydrogens is 251 g/mol. The van der Waals surface area contributed by atoms with Crippen LogP contribution in [0, 0.1) is 5.82 Å². The lowest BCUT2D eigenvalue weighted by Gasteiger charge is -1.99. The Kier molecular flexibility index (Phi) is 2.93. The van der Waals surface area contributed by atoms with Gasteiger partial charge in [0.1, 0.15) is 5.82 Å². The van der Waals surface area contributed by atoms with Gasteiger partial charge in [0.05, 0.1) is 16.0 Å². The van der Waals surface area contributed by atoms with Crippen molar-refractivity contribution in [2.24, 2.45) is 0 Å². The molecule has 0 aliphatic heterocycles. The van der Waals surface area contributed by atoms with Crippen molar-refractivity contribution in [1.82, 2.24) is 15.0 Å². The Balaban J connectivity index is 1.67. The predicted octanol–water partition coefficient (Wildman–Crippen LogP) is 2.81. The van der Waals surface area contributed by atoms with Crippen LogP contribution in [0.15, 0.2) is 29.8 Å². The van der Waals surface area contributed by atoms with E-state index in [4.69, 9.17) is 0 Å². The number of thiazole rings is 1. The van der Waals surface area contributed by atoms with Crippen LogP contribution in [0.3, 0.4) is 0 Å². The molecule has 0 aliphatic carbocycles. The van der Waals surface area contributed by atoms with Gasteiger partial charge in [0.15, 0.2) is 0 Å². The van der Waals surface area contributed by atoms with Crippen LogP contribution >= 0.6 is 11.3 Å². The SMILES string of the molecule is Fc1ccc2nc(NCCc3nccs3)[nH]c2c1. The third kappa shape index (κ3) is 2.33. The van der Waals surface area contributed by atoms with Crippen molar-refractivity contribution in [3.63, 3.8) is 0 Å². The molecule has 6 heteroatoms. The Morgan fingerprint density at radius 3 is 3.17 bits per heavy atom. The second-order valence-corrected chi connectivity index (χ2v) is 4.83. The van der Waals surface area contributed by atoms with Gasteiger partial charge in [-0.3, -0.25) is 0 Å². The van der Waals surface area contributed by atoms with E-state index in [0.29, 0.717) is 11.5 Å². The molecule has 0 atom stereocenters. The molecule has 4 nitrogen and oxygen atoms in total. The summed E-state index contributed by atoms with van der Waals surface area (Å²) in [4.78, 5) is 11.6. The number of fused-ring (bicyclic) bond motifs is 1. The molecule has 18 heavy (non-hydrogen) atoms. The zero-order valence-corrected chi connectivity index (χ0v) is 10.3. The first-order chi connectivity index (χ1) is 8.81. The molecule has 0 radical (unpaired) electrons. The van der Waals surface area contributed by atoms with Crippen molar-refractivity contribution in [2.45, 2.75) is 6.42 Å². The predicted molar refractivity (Wildman–Crippen MR) is 70.4 cm³/mol. The number of nitrogens with zero attached hydrogens (tertiary/aromatic N) is 2. The summed E-state index contributed by atoms with van der Waals surface area (Å²) in [6.45, 7) is 0.746. The van der Waals surface area contributed by atoms with Gasteiger partial charge >= 0.3 is 0 Å². The van der Waals surface area contributed by atoms with E-state index in [9.17, 15) is 4.39 Å². The van der Waals surface area contributed by atoms with Crippen molar-refractivity contribution < 1.29 is 4.39 Å². The summed E-state index contributed by atoms with van der Waals surface area (Å²) < 4.78 is 13.0. The third-order valence-electron chi connectivity index (χ3n) is 2.56. The average Bonchev–Trinajstić information content (AvgIpc) is 2.97. The molecule has 0 spiro atoms. The molecular formula is C12H11FN4S. The summed E-state index contributed by atoms with van der Waals surface area (Å²) in [5, 5.41) is 6.21. The normalized spacial score (nSPS) is 10.9. The molecule has 2 aromatic heterocycles. The van der Waals surface area contributed by atoms with E-state index in [1.807, 2.05) is 5.38 Å². The minimum absolute atomic E-state index is 0.263. The Morgan fingerprint density at radius 2 is 2.33 bits per heavy atom. The van der Waals surface area contributed by atoms with Gasteiger partial charge in [0.25, 0.3) is 0 Å². The van der Waals surface area contributed by atoms with Gasteiger partial charge in [-0.1, -0.05) is 0 Å². The summed E-state index contributed by atoms with van der Waals surface area (Å²) in [5.41, 5.74) is 1.46. The Bertz CT molecular complexity index is 647. The molecule has 2 heterocycles. The lowest BCUT2D eigenvalue weighted by Crippen LogP contribution is -2.05. The topological polar surface area (TPSA) is 53.6 Å². The van der Waals surface area contributed by atoms with Gasteiger partial charge in [0.2, 0.25) is 5.95 Å². The van der Waals surface area contributed by atoms with E-state index in [1.165, 1.54) is 12.1 Å². The molecule has 3 aromatic rings. The van der Waals surface area contributed by atoms with Gasteiger partial charge in [-0.15, -0.1) is 11.3 Å². The highest BCUT2D eigenvalue weighted by Gasteiger charge is 2.03. The molecule has 0 bridgehead atoms. The summed E-state index contributed by atoms with van der Waals surface area (Å²) in [6.07, 6.45) is 2.65. The maximum Gasteiger partial charge on any atom is 0.201 e. The average molecular weight is 262 g/mol. The van der Waals surface area contributed by atoms with E-state index >= 15 is 0 Å². The Labute approximate surface area is 107 Å². The Morgan fingerprint density at radius 1 is 1.39 bits per heavy atom. The van der Waals surface area contributed by atoms with E-state index in [-0.39, 0.29) is 5.82 Å². The number of hydrogen-bond donors (Lipinski definition) is 2. The van der Waals surface area contributed by atoms with Crippen LogP contribution < -0.4 is 5.32 Å². The fourth-order valence-corrected chi connectivity index (χ4v) is 2.35. The number of benzene rings is 1. The largest absolute Gasteiger partial charge is 0.355 e. The highest BCUT2D eigenvalue weighted by molar-refractivity contribution is 7.09. The molecule has 0 saturated heterocycles. The first kappa shape index (κ1) is 11.2. The number of imidazole rings is 1. The highest BCUT2D eigenvalue weighted by Crippen LogP contribution is 2.15. The van der Waals surface area contributed by atoms with Gasteiger partial charge in [-0.25, -0.2) is 14.4 Å². The summed E-state index contributed by atoms with van der Waals surface area (Å²) >= 11 is 1.63. The standard InChI is InChI=1S/C12H11FN4S/c13-8-1-2-9-10(7-8)17-12(16-9)15-4-3-11-14-5-6-18-11/h1-2,5-7H,3-4H2,(H2,15,16,17). The molecule has 0 fully saturated rings. The van der Waals surface area contributed by atoms with Crippen molar-refractivity contribution in [2.75, 3.05) is 11.9 Å². The molecule has 1 aromatic carbocycles. The number of rotatable bonds is 4. The fraction of sp³-hybridized carbons (Fsp3) is 0.167. The van der Waals surface area contributed by atoms with Crippen LogP contribution in [-0.4, -0.2) is 21.5 Å². The molecule has 0 amide bonds. The number of anilines is 1. The van der Waals surface area contributed by atoms with Crippen molar-refractivity contribution in [3.05, 3.63) is 40.6 Å². The molecule has 0 aliphatic rings. The Hall–Kier alpha value is -1.95. The second-order valence-electron chi connectivity index (χ2n) is 3.85. The van der Waals surface area contributed by atoms with E-state index < -0.39 is 0 Å². The summed E-state index contributed by atoms with van der Waals surface area (Å²) in [6, 6.07) is 4.50. The minimum atomic E-state index is -0.263. The number of aromatic amines is 1. The van der Waals surface area contributed by atoms with Gasteiger partial charge < -0.3 is 10.3 Å². The first-order valence-corrected chi connectivity index (χ1v) is 6.47. The van der Waals surface area contributed by atoms with Crippen LogP contribution in [-0.2, 0) is 6.42 Å².